The average Bonchev–Trinajstić information content (AvgIpc) is 3.37. The summed E-state index contributed by atoms with van der Waals surface area (Å²) >= 11 is 0. The fourth-order valence-corrected chi connectivity index (χ4v) is 6.46. The van der Waals surface area contributed by atoms with Crippen LogP contribution in [0, 0.1) is 6.92 Å². The maximum atomic E-state index is 13.3. The molecule has 2 aromatic rings. The predicted octanol–water partition coefficient (Wildman–Crippen LogP) is 3.11. The van der Waals surface area contributed by atoms with Crippen LogP contribution in [0.1, 0.15) is 69.9 Å². The minimum atomic E-state index is -3.59. The molecule has 0 radical (unpaired) electrons. The predicted molar refractivity (Wildman–Crippen MR) is 123 cm³/mol. The molecule has 1 fully saturated rings. The topological polar surface area (TPSA) is 90.6 Å². The highest BCUT2D eigenvalue weighted by Crippen LogP contribution is 2.27. The molecule has 0 atom stereocenters. The zero-order valence-corrected chi connectivity index (χ0v) is 19.8. The van der Waals surface area contributed by atoms with Crippen molar-refractivity contribution >= 4 is 21.7 Å². The fraction of sp³-hybridized carbons (Fsp3) is 0.500. The van der Waals surface area contributed by atoms with Gasteiger partial charge in [-0.2, -0.15) is 4.31 Å². The number of hydrogen-bond donors (Lipinski definition) is 1. The van der Waals surface area contributed by atoms with Crippen LogP contribution in [0.15, 0.2) is 23.1 Å². The maximum absolute atomic E-state index is 13.3. The number of hydrogen-bond acceptors (Lipinski definition) is 4. The lowest BCUT2D eigenvalue weighted by atomic mass is 10.0. The van der Waals surface area contributed by atoms with E-state index in [0.29, 0.717) is 41.4 Å². The lowest BCUT2D eigenvalue weighted by molar-refractivity contribution is 0.0691. The summed E-state index contributed by atoms with van der Waals surface area (Å²) in [5.41, 5.74) is 4.93. The van der Waals surface area contributed by atoms with Gasteiger partial charge in [0, 0.05) is 37.4 Å². The van der Waals surface area contributed by atoms with Gasteiger partial charge in [0.25, 0.3) is 5.91 Å². The number of aryl methyl sites for hydroxylation is 3. The summed E-state index contributed by atoms with van der Waals surface area (Å²) in [6.07, 6.45) is 4.49. The second-order valence-corrected chi connectivity index (χ2v) is 10.7. The van der Waals surface area contributed by atoms with Gasteiger partial charge in [0.2, 0.25) is 10.0 Å². The fourth-order valence-electron chi connectivity index (χ4n) is 4.98. The molecule has 1 amide bonds. The first-order valence-corrected chi connectivity index (χ1v) is 12.8. The Morgan fingerprint density at radius 1 is 1.06 bits per heavy atom. The number of H-pyrrole nitrogens is 1. The first-order chi connectivity index (χ1) is 15.2. The number of carbonyl (C=O) groups is 2. The molecule has 1 saturated heterocycles. The van der Waals surface area contributed by atoms with Crippen LogP contribution < -0.4 is 0 Å². The number of benzene rings is 1. The molecule has 1 aliphatic carbocycles. The van der Waals surface area contributed by atoms with Gasteiger partial charge in [0.15, 0.2) is 5.78 Å². The highest BCUT2D eigenvalue weighted by molar-refractivity contribution is 7.89. The highest BCUT2D eigenvalue weighted by atomic mass is 32.2. The Bertz CT molecular complexity index is 1160. The second kappa shape index (κ2) is 8.83. The van der Waals surface area contributed by atoms with Crippen LogP contribution in [0.2, 0.25) is 0 Å². The van der Waals surface area contributed by atoms with Gasteiger partial charge in [-0.05, 0) is 68.4 Å². The van der Waals surface area contributed by atoms with Crippen molar-refractivity contribution in [3.63, 3.8) is 0 Å². The Kier molecular flexibility index (Phi) is 6.27. The third-order valence-electron chi connectivity index (χ3n) is 6.59. The number of amides is 1. The van der Waals surface area contributed by atoms with Crippen molar-refractivity contribution in [1.82, 2.24) is 14.2 Å². The maximum Gasteiger partial charge on any atom is 0.270 e. The molecule has 1 aromatic heterocycles. The Balaban J connectivity index is 1.50. The van der Waals surface area contributed by atoms with Crippen LogP contribution >= 0.6 is 0 Å². The summed E-state index contributed by atoms with van der Waals surface area (Å²) in [5.74, 6) is -0.217. The van der Waals surface area contributed by atoms with E-state index in [-0.39, 0.29) is 24.8 Å². The van der Waals surface area contributed by atoms with Crippen molar-refractivity contribution in [2.45, 2.75) is 57.8 Å². The van der Waals surface area contributed by atoms with Crippen molar-refractivity contribution in [2.24, 2.45) is 0 Å². The molecule has 0 saturated carbocycles. The van der Waals surface area contributed by atoms with E-state index in [1.165, 1.54) is 16.8 Å². The van der Waals surface area contributed by atoms with Crippen molar-refractivity contribution in [1.29, 1.82) is 0 Å². The van der Waals surface area contributed by atoms with Gasteiger partial charge in [-0.1, -0.05) is 19.4 Å². The van der Waals surface area contributed by atoms with E-state index in [2.05, 4.69) is 4.98 Å². The molecule has 1 aromatic carbocycles. The largest absolute Gasteiger partial charge is 0.354 e. The van der Waals surface area contributed by atoms with Crippen molar-refractivity contribution < 1.29 is 18.0 Å². The third-order valence-corrected chi connectivity index (χ3v) is 8.49. The number of sulfonamides is 1. The van der Waals surface area contributed by atoms with Crippen LogP contribution in [0.25, 0.3) is 0 Å². The number of carbonyl (C=O) groups excluding carboxylic acids is 2. The molecule has 32 heavy (non-hydrogen) atoms. The molecule has 2 aliphatic rings. The van der Waals surface area contributed by atoms with Crippen LogP contribution in [-0.2, 0) is 29.3 Å². The monoisotopic (exact) mass is 457 g/mol. The first-order valence-electron chi connectivity index (χ1n) is 11.4. The van der Waals surface area contributed by atoms with Crippen LogP contribution in [0.4, 0.5) is 0 Å². The molecule has 8 heteroatoms. The van der Waals surface area contributed by atoms with Crippen molar-refractivity contribution in [2.75, 3.05) is 26.2 Å². The molecule has 4 rings (SSSR count). The zero-order valence-electron chi connectivity index (χ0n) is 19.0. The normalized spacial score (nSPS) is 16.9. The van der Waals surface area contributed by atoms with Gasteiger partial charge in [0.1, 0.15) is 5.69 Å². The number of Topliss-reactive ketones (excluding diaryl/α,β-unsaturated/α-hetero) is 1. The Labute approximate surface area is 189 Å². The van der Waals surface area contributed by atoms with E-state index in [4.69, 9.17) is 0 Å². The summed E-state index contributed by atoms with van der Waals surface area (Å²) in [5, 5.41) is 0. The summed E-state index contributed by atoms with van der Waals surface area (Å²) in [6.45, 7) is 6.51. The number of piperazine rings is 1. The second-order valence-electron chi connectivity index (χ2n) is 8.77. The lowest BCUT2D eigenvalue weighted by Crippen LogP contribution is -2.50. The summed E-state index contributed by atoms with van der Waals surface area (Å²) in [7, 11) is -3.59. The quantitative estimate of drug-likeness (QED) is 0.675. The van der Waals surface area contributed by atoms with E-state index >= 15 is 0 Å². The van der Waals surface area contributed by atoms with Crippen LogP contribution in [-0.4, -0.2) is 60.5 Å². The Morgan fingerprint density at radius 3 is 2.41 bits per heavy atom. The zero-order chi connectivity index (χ0) is 23.0. The summed E-state index contributed by atoms with van der Waals surface area (Å²) < 4.78 is 27.8. The molecule has 172 valence electrons. The van der Waals surface area contributed by atoms with E-state index < -0.39 is 10.0 Å². The molecule has 1 aliphatic heterocycles. The van der Waals surface area contributed by atoms with Crippen molar-refractivity contribution in [3.05, 3.63) is 51.8 Å². The Morgan fingerprint density at radius 2 is 1.75 bits per heavy atom. The Hall–Kier alpha value is -2.45. The standard InChI is InChI=1S/C24H31N3O4S/c1-4-6-21-22(17(3)28)16(2)25-23(21)24(29)26-11-13-27(14-12-26)32(30,31)20-10-9-18-7-5-8-19(18)15-20/h9-10,15,25H,4-8,11-14H2,1-3H3. The van der Waals surface area contributed by atoms with Gasteiger partial charge in [0.05, 0.1) is 4.90 Å². The van der Waals surface area contributed by atoms with Crippen LogP contribution in [0.5, 0.6) is 0 Å². The number of aromatic nitrogens is 1. The summed E-state index contributed by atoms with van der Waals surface area (Å²) in [4.78, 5) is 30.5. The number of fused-ring (bicyclic) bond motifs is 1. The van der Waals surface area contributed by atoms with E-state index in [0.717, 1.165) is 36.8 Å². The average molecular weight is 458 g/mol. The van der Waals surface area contributed by atoms with E-state index in [9.17, 15) is 18.0 Å². The highest BCUT2D eigenvalue weighted by Gasteiger charge is 2.33. The minimum Gasteiger partial charge on any atom is -0.354 e. The minimum absolute atomic E-state index is 0.0495. The first kappa shape index (κ1) is 22.7. The smallest absolute Gasteiger partial charge is 0.270 e. The van der Waals surface area contributed by atoms with Gasteiger partial charge >= 0.3 is 0 Å². The molecule has 0 unspecified atom stereocenters. The molecule has 7 nitrogen and oxygen atoms in total. The van der Waals surface area contributed by atoms with Gasteiger partial charge < -0.3 is 9.88 Å². The SMILES string of the molecule is CCCc1c(C(=O)N2CCN(S(=O)(=O)c3ccc4c(c3)CCC4)CC2)[nH]c(C)c1C(C)=O. The van der Waals surface area contributed by atoms with Gasteiger partial charge in [-0.3, -0.25) is 9.59 Å². The molecule has 2 heterocycles. The van der Waals surface area contributed by atoms with E-state index in [1.807, 2.05) is 26.0 Å². The number of aromatic amines is 1. The molecule has 0 bridgehead atoms. The van der Waals surface area contributed by atoms with Crippen molar-refractivity contribution in [3.8, 4) is 0 Å². The number of rotatable bonds is 6. The molecular weight excluding hydrogens is 426 g/mol. The number of nitrogens with one attached hydrogen (secondary N) is 1. The van der Waals surface area contributed by atoms with Crippen LogP contribution in [0.3, 0.4) is 0 Å². The number of nitrogens with zero attached hydrogens (tertiary/aromatic N) is 2. The van der Waals surface area contributed by atoms with E-state index in [1.54, 1.807) is 11.0 Å². The lowest BCUT2D eigenvalue weighted by Gasteiger charge is -2.34. The van der Waals surface area contributed by atoms with Gasteiger partial charge in [-0.25, -0.2) is 8.42 Å². The molecule has 1 N–H and O–H groups in total. The van der Waals surface area contributed by atoms with Gasteiger partial charge in [-0.15, -0.1) is 0 Å². The number of ketones is 1. The molecular formula is C24H31N3O4S. The third kappa shape index (κ3) is 4.01. The summed E-state index contributed by atoms with van der Waals surface area (Å²) in [6, 6.07) is 5.46. The molecule has 0 spiro atoms.